The molecule has 0 bridgehead atoms. The molecule has 0 radical (unpaired) electrons. The minimum atomic E-state index is 0.0183. The summed E-state index contributed by atoms with van der Waals surface area (Å²) in [6.45, 7) is 1.89. The van der Waals surface area contributed by atoms with Crippen molar-refractivity contribution >= 4 is 17.0 Å². The van der Waals surface area contributed by atoms with Crippen molar-refractivity contribution in [3.8, 4) is 0 Å². The van der Waals surface area contributed by atoms with Gasteiger partial charge in [-0.3, -0.25) is 4.79 Å². The van der Waals surface area contributed by atoms with E-state index in [1.807, 2.05) is 6.92 Å². The predicted octanol–water partition coefficient (Wildman–Crippen LogP) is 2.81. The number of rotatable bonds is 4. The van der Waals surface area contributed by atoms with Crippen LogP contribution >= 0.6 is 0 Å². The maximum absolute atomic E-state index is 13.2. The summed E-state index contributed by atoms with van der Waals surface area (Å²) in [6.07, 6.45) is 10.3. The van der Waals surface area contributed by atoms with Crippen LogP contribution in [0.3, 0.4) is 0 Å². The molecule has 5 rings (SSSR count). The van der Waals surface area contributed by atoms with Gasteiger partial charge in [0.25, 0.3) is 11.6 Å². The highest BCUT2D eigenvalue weighted by Crippen LogP contribution is 2.32. The first kappa shape index (κ1) is 16.2. The van der Waals surface area contributed by atoms with E-state index in [9.17, 15) is 4.79 Å². The summed E-state index contributed by atoms with van der Waals surface area (Å²) in [5, 5.41) is 11.9. The number of aromatic nitrogens is 2. The quantitative estimate of drug-likeness (QED) is 0.882. The standard InChI is InChI=1S/C20H26N4O2/c1-11-17-18(13-7-4-8-14(13)23-20(17)26-24-11)19(25)22-16-10-9-15(16)21-12-5-2-3-6-12/h12,15-16,21H,2-10H2,1H3,(H,22,25)/t15-,16+/m0/s1. The predicted molar refractivity (Wildman–Crippen MR) is 98.2 cm³/mol. The van der Waals surface area contributed by atoms with Gasteiger partial charge in [0.15, 0.2) is 0 Å². The Morgan fingerprint density at radius 2 is 1.88 bits per heavy atom. The zero-order valence-corrected chi connectivity index (χ0v) is 15.3. The lowest BCUT2D eigenvalue weighted by molar-refractivity contribution is 0.0890. The molecule has 2 aromatic rings. The molecule has 0 saturated heterocycles. The summed E-state index contributed by atoms with van der Waals surface area (Å²) < 4.78 is 5.37. The third-order valence-corrected chi connectivity index (χ3v) is 6.44. The highest BCUT2D eigenvalue weighted by molar-refractivity contribution is 6.07. The first-order chi connectivity index (χ1) is 12.7. The van der Waals surface area contributed by atoms with E-state index in [4.69, 9.17) is 4.52 Å². The van der Waals surface area contributed by atoms with E-state index in [1.165, 1.54) is 25.7 Å². The molecule has 2 heterocycles. The number of carbonyl (C=O) groups excluding carboxylic acids is 1. The van der Waals surface area contributed by atoms with E-state index in [2.05, 4.69) is 20.8 Å². The Kier molecular flexibility index (Phi) is 3.96. The second kappa shape index (κ2) is 6.34. The van der Waals surface area contributed by atoms with Gasteiger partial charge >= 0.3 is 0 Å². The van der Waals surface area contributed by atoms with E-state index < -0.39 is 0 Å². The van der Waals surface area contributed by atoms with Crippen LogP contribution in [0.25, 0.3) is 11.1 Å². The molecule has 3 aliphatic carbocycles. The molecule has 0 aromatic carbocycles. The zero-order valence-electron chi connectivity index (χ0n) is 15.3. The number of carbonyl (C=O) groups is 1. The highest BCUT2D eigenvalue weighted by atomic mass is 16.5. The van der Waals surface area contributed by atoms with Crippen LogP contribution in [0.4, 0.5) is 0 Å². The normalized spacial score (nSPS) is 25.4. The number of amides is 1. The Hall–Kier alpha value is -1.95. The summed E-state index contributed by atoms with van der Waals surface area (Å²) in [4.78, 5) is 17.8. The van der Waals surface area contributed by atoms with E-state index in [0.29, 0.717) is 17.8 Å². The Morgan fingerprint density at radius 3 is 2.65 bits per heavy atom. The fraction of sp³-hybridized carbons (Fsp3) is 0.650. The number of pyridine rings is 1. The van der Waals surface area contributed by atoms with Crippen LogP contribution in [-0.2, 0) is 12.8 Å². The van der Waals surface area contributed by atoms with Crippen molar-refractivity contribution in [1.82, 2.24) is 20.8 Å². The van der Waals surface area contributed by atoms with Crippen molar-refractivity contribution in [3.63, 3.8) is 0 Å². The van der Waals surface area contributed by atoms with Gasteiger partial charge in [-0.2, -0.15) is 0 Å². The van der Waals surface area contributed by atoms with Gasteiger partial charge in [0, 0.05) is 23.8 Å². The van der Waals surface area contributed by atoms with Crippen LogP contribution < -0.4 is 10.6 Å². The molecule has 2 N–H and O–H groups in total. The molecule has 6 nitrogen and oxygen atoms in total. The SMILES string of the molecule is Cc1noc2nc3c(c(C(=O)N[C@@H]4CC[C@@H]4NC4CCCC4)c12)CCC3. The number of nitrogens with zero attached hydrogens (tertiary/aromatic N) is 2. The Bertz CT molecular complexity index is 853. The fourth-order valence-electron chi connectivity index (χ4n) is 4.87. The van der Waals surface area contributed by atoms with Gasteiger partial charge in [-0.15, -0.1) is 0 Å². The van der Waals surface area contributed by atoms with Crippen molar-refractivity contribution < 1.29 is 9.32 Å². The summed E-state index contributed by atoms with van der Waals surface area (Å²) in [5.41, 5.74) is 4.12. The minimum absolute atomic E-state index is 0.0183. The van der Waals surface area contributed by atoms with Gasteiger partial charge in [-0.25, -0.2) is 4.98 Å². The zero-order chi connectivity index (χ0) is 17.7. The van der Waals surface area contributed by atoms with E-state index in [-0.39, 0.29) is 11.9 Å². The van der Waals surface area contributed by atoms with Gasteiger partial charge in [-0.1, -0.05) is 18.0 Å². The van der Waals surface area contributed by atoms with E-state index in [1.54, 1.807) is 0 Å². The average molecular weight is 354 g/mol. The summed E-state index contributed by atoms with van der Waals surface area (Å²) >= 11 is 0. The molecular weight excluding hydrogens is 328 g/mol. The third-order valence-electron chi connectivity index (χ3n) is 6.44. The number of fused-ring (bicyclic) bond motifs is 2. The topological polar surface area (TPSA) is 80.0 Å². The van der Waals surface area contributed by atoms with E-state index in [0.717, 1.165) is 60.0 Å². The molecule has 0 aliphatic heterocycles. The van der Waals surface area contributed by atoms with Crippen LogP contribution in [0.5, 0.6) is 0 Å². The Balaban J connectivity index is 1.39. The Labute approximate surface area is 153 Å². The maximum atomic E-state index is 13.2. The molecule has 2 saturated carbocycles. The number of nitrogens with one attached hydrogen (secondary N) is 2. The third kappa shape index (κ3) is 2.62. The molecular formula is C20H26N4O2. The number of aryl methyl sites for hydroxylation is 2. The van der Waals surface area contributed by atoms with Crippen molar-refractivity contribution in [2.45, 2.75) is 82.8 Å². The van der Waals surface area contributed by atoms with Crippen LogP contribution in [0.2, 0.25) is 0 Å². The van der Waals surface area contributed by atoms with Crippen molar-refractivity contribution in [3.05, 3.63) is 22.5 Å². The molecule has 2 fully saturated rings. The van der Waals surface area contributed by atoms with Crippen molar-refractivity contribution in [1.29, 1.82) is 0 Å². The highest BCUT2D eigenvalue weighted by Gasteiger charge is 2.36. The van der Waals surface area contributed by atoms with Gasteiger partial charge in [0.1, 0.15) is 0 Å². The largest absolute Gasteiger partial charge is 0.348 e. The van der Waals surface area contributed by atoms with Gasteiger partial charge < -0.3 is 15.2 Å². The monoisotopic (exact) mass is 354 g/mol. The van der Waals surface area contributed by atoms with Crippen LogP contribution in [-0.4, -0.2) is 34.2 Å². The number of hydrogen-bond donors (Lipinski definition) is 2. The summed E-state index contributed by atoms with van der Waals surface area (Å²) in [5.74, 6) is 0.0183. The van der Waals surface area contributed by atoms with Crippen molar-refractivity contribution in [2.75, 3.05) is 0 Å². The molecule has 0 unspecified atom stereocenters. The first-order valence-corrected chi connectivity index (χ1v) is 10.1. The van der Waals surface area contributed by atoms with E-state index >= 15 is 0 Å². The van der Waals surface area contributed by atoms with Crippen LogP contribution in [0.1, 0.15) is 72.3 Å². The fourth-order valence-corrected chi connectivity index (χ4v) is 4.87. The molecule has 2 atom stereocenters. The summed E-state index contributed by atoms with van der Waals surface area (Å²) in [6, 6.07) is 1.27. The molecule has 6 heteroatoms. The smallest absolute Gasteiger partial charge is 0.259 e. The molecule has 1 amide bonds. The molecule has 3 aliphatic rings. The number of hydrogen-bond acceptors (Lipinski definition) is 5. The molecule has 2 aromatic heterocycles. The minimum Gasteiger partial charge on any atom is -0.348 e. The van der Waals surface area contributed by atoms with Gasteiger partial charge in [-0.05, 0) is 57.4 Å². The average Bonchev–Trinajstić information content (AvgIpc) is 3.36. The molecule has 138 valence electrons. The van der Waals surface area contributed by atoms with Crippen LogP contribution in [0, 0.1) is 6.92 Å². The lowest BCUT2D eigenvalue weighted by atomic mass is 9.85. The summed E-state index contributed by atoms with van der Waals surface area (Å²) in [7, 11) is 0. The second-order valence-electron chi connectivity index (χ2n) is 8.13. The molecule has 26 heavy (non-hydrogen) atoms. The second-order valence-corrected chi connectivity index (χ2v) is 8.13. The Morgan fingerprint density at radius 1 is 1.08 bits per heavy atom. The lowest BCUT2D eigenvalue weighted by Crippen LogP contribution is -2.58. The van der Waals surface area contributed by atoms with Crippen LogP contribution in [0.15, 0.2) is 4.52 Å². The van der Waals surface area contributed by atoms with Gasteiger partial charge in [0.05, 0.1) is 16.6 Å². The van der Waals surface area contributed by atoms with Crippen molar-refractivity contribution in [2.24, 2.45) is 0 Å². The lowest BCUT2D eigenvalue weighted by Gasteiger charge is -2.39. The van der Waals surface area contributed by atoms with Gasteiger partial charge in [0.2, 0.25) is 0 Å². The maximum Gasteiger partial charge on any atom is 0.259 e. The first-order valence-electron chi connectivity index (χ1n) is 10.1. The molecule has 0 spiro atoms.